The second-order valence-corrected chi connectivity index (χ2v) is 3.62. The molecule has 1 aromatic rings. The molecule has 0 heterocycles. The van der Waals surface area contributed by atoms with Gasteiger partial charge in [-0.2, -0.15) is 0 Å². The average Bonchev–Trinajstić information content (AvgIpc) is 2.20. The Morgan fingerprint density at radius 2 is 1.88 bits per heavy atom. The Kier molecular flexibility index (Phi) is 4.28. The molecule has 0 spiro atoms. The molecule has 92 valence electrons. The van der Waals surface area contributed by atoms with Gasteiger partial charge in [0.1, 0.15) is 0 Å². The summed E-state index contributed by atoms with van der Waals surface area (Å²) < 4.78 is 25.5. The second-order valence-electron chi connectivity index (χ2n) is 3.62. The molecule has 0 aliphatic carbocycles. The predicted molar refractivity (Wildman–Crippen MR) is 55.8 cm³/mol. The minimum Gasteiger partial charge on any atom is -0.480 e. The van der Waals surface area contributed by atoms with Crippen LogP contribution in [0.25, 0.3) is 0 Å². The van der Waals surface area contributed by atoms with Crippen molar-refractivity contribution in [2.45, 2.75) is 0 Å². The van der Waals surface area contributed by atoms with E-state index in [1.165, 1.54) is 11.9 Å². The number of Topliss-reactive ketones (excluding diaryl/α,β-unsaturated/α-hetero) is 1. The molecule has 0 radical (unpaired) electrons. The first-order valence-corrected chi connectivity index (χ1v) is 4.78. The highest BCUT2D eigenvalue weighted by Crippen LogP contribution is 2.09. The van der Waals surface area contributed by atoms with Crippen molar-refractivity contribution < 1.29 is 23.5 Å². The van der Waals surface area contributed by atoms with Crippen molar-refractivity contribution in [2.24, 2.45) is 0 Å². The van der Waals surface area contributed by atoms with E-state index in [1.54, 1.807) is 0 Å². The van der Waals surface area contributed by atoms with Crippen molar-refractivity contribution in [1.82, 2.24) is 4.90 Å². The number of carboxylic acids is 1. The number of ketones is 1. The zero-order chi connectivity index (χ0) is 13.0. The third-order valence-electron chi connectivity index (χ3n) is 2.06. The van der Waals surface area contributed by atoms with Gasteiger partial charge in [0.05, 0.1) is 13.1 Å². The molecule has 0 aromatic heterocycles. The summed E-state index contributed by atoms with van der Waals surface area (Å²) >= 11 is 0. The maximum absolute atomic E-state index is 12.9. The van der Waals surface area contributed by atoms with Crippen LogP contribution in [-0.4, -0.2) is 41.9 Å². The highest BCUT2D eigenvalue weighted by Gasteiger charge is 2.13. The lowest BCUT2D eigenvalue weighted by molar-refractivity contribution is -0.137. The van der Waals surface area contributed by atoms with Gasteiger partial charge in [0.2, 0.25) is 0 Å². The Morgan fingerprint density at radius 3 is 2.41 bits per heavy atom. The van der Waals surface area contributed by atoms with E-state index in [-0.39, 0.29) is 18.7 Å². The smallest absolute Gasteiger partial charge is 0.317 e. The lowest BCUT2D eigenvalue weighted by atomic mass is 10.1. The van der Waals surface area contributed by atoms with Crippen LogP contribution in [-0.2, 0) is 4.79 Å². The lowest BCUT2D eigenvalue weighted by Gasteiger charge is -2.12. The van der Waals surface area contributed by atoms with E-state index >= 15 is 0 Å². The SMILES string of the molecule is CN(CC(=O)O)CC(=O)c1ccc(F)c(F)c1. The van der Waals surface area contributed by atoms with Gasteiger partial charge in [0, 0.05) is 5.56 Å². The highest BCUT2D eigenvalue weighted by atomic mass is 19.2. The number of aliphatic carboxylic acids is 1. The summed E-state index contributed by atoms with van der Waals surface area (Å²) in [6.07, 6.45) is 0. The largest absolute Gasteiger partial charge is 0.480 e. The van der Waals surface area contributed by atoms with Gasteiger partial charge < -0.3 is 5.11 Å². The van der Waals surface area contributed by atoms with Gasteiger partial charge in [-0.15, -0.1) is 0 Å². The first-order chi connectivity index (χ1) is 7.90. The molecule has 0 saturated heterocycles. The van der Waals surface area contributed by atoms with E-state index in [0.29, 0.717) is 0 Å². The van der Waals surface area contributed by atoms with Crippen molar-refractivity contribution >= 4 is 11.8 Å². The van der Waals surface area contributed by atoms with Crippen LogP contribution in [0.1, 0.15) is 10.4 Å². The van der Waals surface area contributed by atoms with Crippen molar-refractivity contribution in [3.63, 3.8) is 0 Å². The minimum absolute atomic E-state index is 0.0149. The molecule has 1 N–H and O–H groups in total. The highest BCUT2D eigenvalue weighted by molar-refractivity contribution is 5.97. The number of benzene rings is 1. The Labute approximate surface area is 96.5 Å². The van der Waals surface area contributed by atoms with Crippen LogP contribution in [0.2, 0.25) is 0 Å². The van der Waals surface area contributed by atoms with Crippen LogP contribution >= 0.6 is 0 Å². The molecule has 0 aliphatic rings. The van der Waals surface area contributed by atoms with Gasteiger partial charge in [0.15, 0.2) is 17.4 Å². The number of likely N-dealkylation sites (N-methyl/N-ethyl adjacent to an activating group) is 1. The number of halogens is 2. The topological polar surface area (TPSA) is 57.6 Å². The summed E-state index contributed by atoms with van der Waals surface area (Å²) in [6.45, 7) is -0.465. The van der Waals surface area contributed by atoms with E-state index in [0.717, 1.165) is 18.2 Å². The van der Waals surface area contributed by atoms with Crippen molar-refractivity contribution in [2.75, 3.05) is 20.1 Å². The molecule has 0 fully saturated rings. The molecule has 1 aromatic carbocycles. The molecule has 0 atom stereocenters. The van der Waals surface area contributed by atoms with E-state index < -0.39 is 23.4 Å². The summed E-state index contributed by atoms with van der Waals surface area (Å²) in [7, 11) is 1.45. The first kappa shape index (κ1) is 13.2. The second kappa shape index (κ2) is 5.49. The van der Waals surface area contributed by atoms with Gasteiger partial charge in [0.25, 0.3) is 0 Å². The molecule has 6 heteroatoms. The molecule has 0 unspecified atom stereocenters. The van der Waals surface area contributed by atoms with Crippen molar-refractivity contribution in [1.29, 1.82) is 0 Å². The summed E-state index contributed by atoms with van der Waals surface area (Å²) in [6, 6.07) is 2.82. The van der Waals surface area contributed by atoms with Crippen LogP contribution in [0.5, 0.6) is 0 Å². The van der Waals surface area contributed by atoms with E-state index in [9.17, 15) is 18.4 Å². The zero-order valence-electron chi connectivity index (χ0n) is 9.11. The zero-order valence-corrected chi connectivity index (χ0v) is 9.11. The number of carboxylic acid groups (broad SMARTS) is 1. The number of hydrogen-bond donors (Lipinski definition) is 1. The summed E-state index contributed by atoms with van der Waals surface area (Å²) in [4.78, 5) is 23.2. The molecular formula is C11H11F2NO3. The molecule has 0 aliphatic heterocycles. The Morgan fingerprint density at radius 1 is 1.24 bits per heavy atom. The number of carbonyl (C=O) groups is 2. The van der Waals surface area contributed by atoms with Crippen LogP contribution in [0.4, 0.5) is 8.78 Å². The minimum atomic E-state index is -1.10. The molecule has 0 saturated carbocycles. The maximum atomic E-state index is 12.9. The average molecular weight is 243 g/mol. The normalized spacial score (nSPS) is 10.6. The fourth-order valence-corrected chi connectivity index (χ4v) is 1.29. The number of hydrogen-bond acceptors (Lipinski definition) is 3. The van der Waals surface area contributed by atoms with Gasteiger partial charge >= 0.3 is 5.97 Å². The van der Waals surface area contributed by atoms with E-state index in [2.05, 4.69) is 0 Å². The van der Waals surface area contributed by atoms with Gasteiger partial charge in [-0.05, 0) is 25.2 Å². The lowest BCUT2D eigenvalue weighted by Crippen LogP contribution is -2.31. The molecule has 4 nitrogen and oxygen atoms in total. The fourth-order valence-electron chi connectivity index (χ4n) is 1.29. The van der Waals surface area contributed by atoms with Gasteiger partial charge in [-0.25, -0.2) is 8.78 Å². The number of nitrogens with zero attached hydrogens (tertiary/aromatic N) is 1. The fraction of sp³-hybridized carbons (Fsp3) is 0.273. The molecule has 17 heavy (non-hydrogen) atoms. The molecule has 0 bridgehead atoms. The molecule has 0 amide bonds. The van der Waals surface area contributed by atoms with Crippen molar-refractivity contribution in [3.05, 3.63) is 35.4 Å². The van der Waals surface area contributed by atoms with E-state index in [4.69, 9.17) is 5.11 Å². The van der Waals surface area contributed by atoms with Gasteiger partial charge in [-0.3, -0.25) is 14.5 Å². The standard InChI is InChI=1S/C11H11F2NO3/c1-14(6-11(16)17)5-10(15)7-2-3-8(12)9(13)4-7/h2-4H,5-6H2,1H3,(H,16,17). The quantitative estimate of drug-likeness (QED) is 0.788. The third-order valence-corrected chi connectivity index (χ3v) is 2.06. The third kappa shape index (κ3) is 3.92. The van der Waals surface area contributed by atoms with E-state index in [1.807, 2.05) is 0 Å². The first-order valence-electron chi connectivity index (χ1n) is 4.78. The number of rotatable bonds is 5. The van der Waals surface area contributed by atoms with Crippen LogP contribution in [0.15, 0.2) is 18.2 Å². The predicted octanol–water partition coefficient (Wildman–Crippen LogP) is 1.16. The Bertz CT molecular complexity index is 448. The molecular weight excluding hydrogens is 232 g/mol. The van der Waals surface area contributed by atoms with Crippen LogP contribution in [0.3, 0.4) is 0 Å². The Hall–Kier alpha value is -1.82. The van der Waals surface area contributed by atoms with Crippen LogP contribution < -0.4 is 0 Å². The molecule has 1 rings (SSSR count). The maximum Gasteiger partial charge on any atom is 0.317 e. The van der Waals surface area contributed by atoms with Gasteiger partial charge in [-0.1, -0.05) is 0 Å². The summed E-state index contributed by atoms with van der Waals surface area (Å²) in [5.41, 5.74) is 0.0149. The Balaban J connectivity index is 2.70. The summed E-state index contributed by atoms with van der Waals surface area (Å²) in [5, 5.41) is 8.49. The number of carbonyl (C=O) groups excluding carboxylic acids is 1. The monoisotopic (exact) mass is 243 g/mol. The van der Waals surface area contributed by atoms with Crippen LogP contribution in [0, 0.1) is 11.6 Å². The van der Waals surface area contributed by atoms with Crippen molar-refractivity contribution in [3.8, 4) is 0 Å². The summed E-state index contributed by atoms with van der Waals surface area (Å²) in [5.74, 6) is -3.66.